The molecule has 2 N–H and O–H groups in total. The van der Waals surface area contributed by atoms with Gasteiger partial charge >= 0.3 is 0 Å². The Kier molecular flexibility index (Phi) is 5.28. The van der Waals surface area contributed by atoms with Gasteiger partial charge in [0.15, 0.2) is 0 Å². The van der Waals surface area contributed by atoms with Gasteiger partial charge < -0.3 is 10.4 Å². The monoisotopic (exact) mass is 325 g/mol. The molecule has 106 valence electrons. The molecule has 2 unspecified atom stereocenters. The van der Waals surface area contributed by atoms with Gasteiger partial charge in [0.25, 0.3) is 0 Å². The molecule has 0 saturated heterocycles. The molecule has 1 aliphatic carbocycles. The van der Waals surface area contributed by atoms with Crippen molar-refractivity contribution in [1.29, 1.82) is 0 Å². The lowest BCUT2D eigenvalue weighted by atomic mass is 9.89. The first-order valence-electron chi connectivity index (χ1n) is 7.32. The predicted molar refractivity (Wildman–Crippen MR) is 84.4 cm³/mol. The fraction of sp³-hybridized carbons (Fsp3) is 0.625. The van der Waals surface area contributed by atoms with E-state index in [1.54, 1.807) is 0 Å². The molecule has 0 spiro atoms. The Morgan fingerprint density at radius 1 is 1.26 bits per heavy atom. The molecule has 1 aromatic rings. The van der Waals surface area contributed by atoms with Crippen LogP contribution in [0.5, 0.6) is 0 Å². The quantitative estimate of drug-likeness (QED) is 0.794. The normalized spacial score (nSPS) is 27.8. The highest BCUT2D eigenvalue weighted by Crippen LogP contribution is 2.34. The maximum Gasteiger partial charge on any atom is 0.0661 e. The SMILES string of the molecule is CCC1CCCC(CO)(Nc2ccc(Br)cc2)CC1. The number of benzene rings is 1. The van der Waals surface area contributed by atoms with Crippen molar-refractivity contribution in [3.05, 3.63) is 28.7 Å². The predicted octanol–water partition coefficient (Wildman–Crippen LogP) is 4.58. The first-order valence-corrected chi connectivity index (χ1v) is 8.11. The van der Waals surface area contributed by atoms with Crippen molar-refractivity contribution in [1.82, 2.24) is 0 Å². The molecule has 1 saturated carbocycles. The van der Waals surface area contributed by atoms with Crippen LogP contribution in [0.1, 0.15) is 45.4 Å². The topological polar surface area (TPSA) is 32.3 Å². The van der Waals surface area contributed by atoms with Crippen LogP contribution in [0.25, 0.3) is 0 Å². The minimum absolute atomic E-state index is 0.127. The van der Waals surface area contributed by atoms with E-state index in [1.165, 1.54) is 25.7 Å². The molecule has 1 fully saturated rings. The standard InChI is InChI=1S/C16H24BrNO/c1-2-13-4-3-10-16(12-19,11-9-13)18-15-7-5-14(17)6-8-15/h5-8,13,18-19H,2-4,9-12H2,1H3. The molecule has 2 rings (SSSR count). The molecule has 0 aliphatic heterocycles. The van der Waals surface area contributed by atoms with Crippen LogP contribution < -0.4 is 5.32 Å². The number of anilines is 1. The average Bonchev–Trinajstić information content (AvgIpc) is 2.64. The summed E-state index contributed by atoms with van der Waals surface area (Å²) in [6.45, 7) is 2.50. The second-order valence-electron chi connectivity index (χ2n) is 5.78. The molecule has 1 aliphatic rings. The van der Waals surface area contributed by atoms with Crippen LogP contribution in [0.2, 0.25) is 0 Å². The molecular formula is C16H24BrNO. The van der Waals surface area contributed by atoms with Crippen molar-refractivity contribution in [3.8, 4) is 0 Å². The Labute approximate surface area is 124 Å². The van der Waals surface area contributed by atoms with Crippen molar-refractivity contribution in [3.63, 3.8) is 0 Å². The van der Waals surface area contributed by atoms with Gasteiger partial charge in [0, 0.05) is 10.2 Å². The van der Waals surface area contributed by atoms with E-state index in [1.807, 2.05) is 12.1 Å². The van der Waals surface area contributed by atoms with Crippen LogP contribution in [0.4, 0.5) is 5.69 Å². The molecule has 0 heterocycles. The number of aliphatic hydroxyl groups is 1. The molecular weight excluding hydrogens is 302 g/mol. The number of hydrogen-bond acceptors (Lipinski definition) is 2. The lowest BCUT2D eigenvalue weighted by molar-refractivity contribution is 0.194. The van der Waals surface area contributed by atoms with E-state index >= 15 is 0 Å². The van der Waals surface area contributed by atoms with Crippen LogP contribution in [-0.2, 0) is 0 Å². The highest BCUT2D eigenvalue weighted by molar-refractivity contribution is 9.10. The van der Waals surface area contributed by atoms with Crippen LogP contribution in [0.15, 0.2) is 28.7 Å². The van der Waals surface area contributed by atoms with Gasteiger partial charge in [0.1, 0.15) is 0 Å². The molecule has 2 nitrogen and oxygen atoms in total. The third kappa shape index (κ3) is 3.96. The minimum atomic E-state index is -0.127. The maximum atomic E-state index is 9.87. The van der Waals surface area contributed by atoms with Gasteiger partial charge in [-0.3, -0.25) is 0 Å². The van der Waals surface area contributed by atoms with E-state index in [0.29, 0.717) is 0 Å². The third-order valence-corrected chi connectivity index (χ3v) is 4.96. The fourth-order valence-electron chi connectivity index (χ4n) is 3.05. The Morgan fingerprint density at radius 3 is 2.63 bits per heavy atom. The summed E-state index contributed by atoms with van der Waals surface area (Å²) >= 11 is 3.45. The Balaban J connectivity index is 2.07. The van der Waals surface area contributed by atoms with Crippen molar-refractivity contribution in [2.45, 2.75) is 51.0 Å². The first-order chi connectivity index (χ1) is 9.17. The summed E-state index contributed by atoms with van der Waals surface area (Å²) < 4.78 is 1.09. The molecule has 0 bridgehead atoms. The van der Waals surface area contributed by atoms with Gasteiger partial charge in [0.2, 0.25) is 0 Å². The zero-order valence-electron chi connectivity index (χ0n) is 11.7. The number of halogens is 1. The molecule has 3 heteroatoms. The van der Waals surface area contributed by atoms with Gasteiger partial charge in [-0.2, -0.15) is 0 Å². The summed E-state index contributed by atoms with van der Waals surface area (Å²) in [6.07, 6.45) is 7.14. The smallest absolute Gasteiger partial charge is 0.0661 e. The fourth-order valence-corrected chi connectivity index (χ4v) is 3.31. The summed E-state index contributed by atoms with van der Waals surface area (Å²) in [5, 5.41) is 13.5. The zero-order chi connectivity index (χ0) is 13.7. The highest BCUT2D eigenvalue weighted by atomic mass is 79.9. The van der Waals surface area contributed by atoms with E-state index < -0.39 is 0 Å². The highest BCUT2D eigenvalue weighted by Gasteiger charge is 2.32. The van der Waals surface area contributed by atoms with Gasteiger partial charge in [0.05, 0.1) is 12.1 Å². The second-order valence-corrected chi connectivity index (χ2v) is 6.69. The van der Waals surface area contributed by atoms with E-state index in [4.69, 9.17) is 0 Å². The van der Waals surface area contributed by atoms with Gasteiger partial charge in [-0.25, -0.2) is 0 Å². The summed E-state index contributed by atoms with van der Waals surface area (Å²) in [6, 6.07) is 8.23. The molecule has 0 amide bonds. The van der Waals surface area contributed by atoms with Crippen molar-refractivity contribution < 1.29 is 5.11 Å². The summed E-state index contributed by atoms with van der Waals surface area (Å²) in [4.78, 5) is 0. The lowest BCUT2D eigenvalue weighted by Gasteiger charge is -2.33. The maximum absolute atomic E-state index is 9.87. The van der Waals surface area contributed by atoms with Gasteiger partial charge in [-0.1, -0.05) is 42.1 Å². The van der Waals surface area contributed by atoms with Crippen molar-refractivity contribution in [2.24, 2.45) is 5.92 Å². The third-order valence-electron chi connectivity index (χ3n) is 4.43. The average molecular weight is 326 g/mol. The van der Waals surface area contributed by atoms with Crippen LogP contribution in [-0.4, -0.2) is 17.3 Å². The van der Waals surface area contributed by atoms with Crippen molar-refractivity contribution in [2.75, 3.05) is 11.9 Å². The molecule has 2 atom stereocenters. The van der Waals surface area contributed by atoms with Crippen LogP contribution in [0.3, 0.4) is 0 Å². The van der Waals surface area contributed by atoms with Crippen LogP contribution in [0, 0.1) is 5.92 Å². The molecule has 0 aromatic heterocycles. The van der Waals surface area contributed by atoms with Gasteiger partial charge in [-0.15, -0.1) is 0 Å². The zero-order valence-corrected chi connectivity index (χ0v) is 13.2. The Hall–Kier alpha value is -0.540. The molecule has 0 radical (unpaired) electrons. The first kappa shape index (κ1) is 14.9. The minimum Gasteiger partial charge on any atom is -0.394 e. The second kappa shape index (κ2) is 6.76. The summed E-state index contributed by atoms with van der Waals surface area (Å²) in [5.41, 5.74) is 0.977. The van der Waals surface area contributed by atoms with Gasteiger partial charge in [-0.05, 0) is 49.4 Å². The number of nitrogens with one attached hydrogen (secondary N) is 1. The Morgan fingerprint density at radius 2 is 2.00 bits per heavy atom. The van der Waals surface area contributed by atoms with E-state index in [9.17, 15) is 5.11 Å². The van der Waals surface area contributed by atoms with E-state index in [2.05, 4.69) is 40.3 Å². The number of hydrogen-bond donors (Lipinski definition) is 2. The largest absolute Gasteiger partial charge is 0.394 e. The summed E-state index contributed by atoms with van der Waals surface area (Å²) in [5.74, 6) is 0.833. The van der Waals surface area contributed by atoms with E-state index in [-0.39, 0.29) is 12.1 Å². The molecule has 1 aromatic carbocycles. The van der Waals surface area contributed by atoms with E-state index in [0.717, 1.165) is 28.9 Å². The van der Waals surface area contributed by atoms with Crippen molar-refractivity contribution >= 4 is 21.6 Å². The Bertz CT molecular complexity index is 392. The van der Waals surface area contributed by atoms with Crippen LogP contribution >= 0.6 is 15.9 Å². The lowest BCUT2D eigenvalue weighted by Crippen LogP contribution is -2.41. The number of aliphatic hydroxyl groups excluding tert-OH is 1. The number of rotatable bonds is 4. The molecule has 19 heavy (non-hydrogen) atoms. The summed E-state index contributed by atoms with van der Waals surface area (Å²) in [7, 11) is 0.